The first-order chi connectivity index (χ1) is 9.02. The molecule has 0 aliphatic carbocycles. The van der Waals surface area contributed by atoms with Crippen molar-refractivity contribution in [3.63, 3.8) is 0 Å². The Hall–Kier alpha value is -1.75. The third kappa shape index (κ3) is 2.66. The van der Waals surface area contributed by atoms with Crippen molar-refractivity contribution < 1.29 is 24.5 Å². The number of benzene rings is 1. The summed E-state index contributed by atoms with van der Waals surface area (Å²) in [6, 6.07) is 3.26. The fourth-order valence-electron chi connectivity index (χ4n) is 2.24. The molecule has 1 aliphatic rings. The Morgan fingerprint density at radius 1 is 1.26 bits per heavy atom. The third-order valence-corrected chi connectivity index (χ3v) is 3.09. The van der Waals surface area contributed by atoms with Crippen LogP contribution in [0.1, 0.15) is 43.4 Å². The van der Waals surface area contributed by atoms with Gasteiger partial charge in [-0.15, -0.1) is 0 Å². The van der Waals surface area contributed by atoms with E-state index >= 15 is 0 Å². The number of hydrogen-bond acceptors (Lipinski definition) is 4. The van der Waals surface area contributed by atoms with E-state index in [2.05, 4.69) is 0 Å². The Morgan fingerprint density at radius 3 is 2.58 bits per heavy atom. The summed E-state index contributed by atoms with van der Waals surface area (Å²) in [6.45, 7) is 4.97. The van der Waals surface area contributed by atoms with Crippen LogP contribution >= 0.6 is 0 Å². The van der Waals surface area contributed by atoms with Gasteiger partial charge >= 0.3 is 5.97 Å². The minimum absolute atomic E-state index is 0.0284. The summed E-state index contributed by atoms with van der Waals surface area (Å²) in [6.07, 6.45) is -0.766. The molecule has 2 rings (SSSR count). The van der Waals surface area contributed by atoms with E-state index in [1.165, 1.54) is 0 Å². The number of carboxylic acids is 1. The lowest BCUT2D eigenvalue weighted by molar-refractivity contribution is -0.147. The second kappa shape index (κ2) is 5.48. The third-order valence-electron chi connectivity index (χ3n) is 3.09. The molecule has 0 radical (unpaired) electrons. The minimum Gasteiger partial charge on any atom is -0.490 e. The van der Waals surface area contributed by atoms with Crippen LogP contribution in [0.15, 0.2) is 12.1 Å². The number of aliphatic carboxylic acids is 1. The first-order valence-electron chi connectivity index (χ1n) is 6.35. The maximum Gasteiger partial charge on any atom is 0.337 e. The molecule has 5 heteroatoms. The van der Waals surface area contributed by atoms with E-state index in [1.807, 2.05) is 13.8 Å². The first kappa shape index (κ1) is 13.7. The van der Waals surface area contributed by atoms with Crippen LogP contribution in [-0.4, -0.2) is 29.4 Å². The molecule has 0 spiro atoms. The van der Waals surface area contributed by atoms with Crippen molar-refractivity contribution in [2.24, 2.45) is 0 Å². The largest absolute Gasteiger partial charge is 0.490 e. The minimum atomic E-state index is -1.55. The van der Waals surface area contributed by atoms with Gasteiger partial charge in [-0.05, 0) is 17.5 Å². The van der Waals surface area contributed by atoms with Gasteiger partial charge in [-0.25, -0.2) is 4.79 Å². The maximum atomic E-state index is 11.0. The highest BCUT2D eigenvalue weighted by atomic mass is 16.5. The highest BCUT2D eigenvalue weighted by Crippen LogP contribution is 2.41. The number of ether oxygens (including phenoxy) is 2. The summed E-state index contributed by atoms with van der Waals surface area (Å²) in [5, 5.41) is 18.8. The average Bonchev–Trinajstić information content (AvgIpc) is 2.61. The maximum absolute atomic E-state index is 11.0. The number of hydrogen-bond donors (Lipinski definition) is 2. The van der Waals surface area contributed by atoms with Crippen molar-refractivity contribution in [3.8, 4) is 11.5 Å². The van der Waals surface area contributed by atoms with Gasteiger partial charge in [0.1, 0.15) is 0 Å². The normalized spacial score (nSPS) is 16.0. The molecular formula is C14H18O5. The molecule has 0 saturated heterocycles. The number of carboxylic acid groups (broad SMARTS) is 1. The molecule has 1 unspecified atom stereocenters. The average molecular weight is 266 g/mol. The first-order valence-corrected chi connectivity index (χ1v) is 6.35. The van der Waals surface area contributed by atoms with Gasteiger partial charge in [-0.1, -0.05) is 19.9 Å². The van der Waals surface area contributed by atoms with Gasteiger partial charge < -0.3 is 19.7 Å². The van der Waals surface area contributed by atoms with E-state index < -0.39 is 12.1 Å². The van der Waals surface area contributed by atoms with Crippen LogP contribution < -0.4 is 9.47 Å². The van der Waals surface area contributed by atoms with Crippen molar-refractivity contribution >= 4 is 5.97 Å². The fraction of sp³-hybridized carbons (Fsp3) is 0.500. The van der Waals surface area contributed by atoms with Gasteiger partial charge in [0.2, 0.25) is 0 Å². The molecule has 2 N–H and O–H groups in total. The van der Waals surface area contributed by atoms with Crippen molar-refractivity contribution in [1.82, 2.24) is 0 Å². The van der Waals surface area contributed by atoms with Crippen LogP contribution in [0.25, 0.3) is 0 Å². The quantitative estimate of drug-likeness (QED) is 0.876. The lowest BCUT2D eigenvalue weighted by Gasteiger charge is -2.20. The molecule has 0 fully saturated rings. The van der Waals surface area contributed by atoms with Crippen LogP contribution in [0, 0.1) is 0 Å². The van der Waals surface area contributed by atoms with E-state index in [0.29, 0.717) is 35.8 Å². The standard InChI is InChI=1S/C14H18O5/c1-8(2)11-9(12(15)14(16)17)4-5-10-13(11)19-7-3-6-18-10/h4-5,8,12,15H,3,6-7H2,1-2H3,(H,16,17). The van der Waals surface area contributed by atoms with Crippen molar-refractivity contribution in [1.29, 1.82) is 0 Å². The number of carbonyl (C=O) groups is 1. The molecular weight excluding hydrogens is 248 g/mol. The van der Waals surface area contributed by atoms with Gasteiger partial charge in [0.05, 0.1) is 13.2 Å². The molecule has 0 bridgehead atoms. The van der Waals surface area contributed by atoms with Crippen LogP contribution in [-0.2, 0) is 4.79 Å². The van der Waals surface area contributed by atoms with Crippen molar-refractivity contribution in [2.75, 3.05) is 13.2 Å². The lowest BCUT2D eigenvalue weighted by Crippen LogP contribution is -2.14. The van der Waals surface area contributed by atoms with E-state index in [0.717, 1.165) is 6.42 Å². The molecule has 104 valence electrons. The van der Waals surface area contributed by atoms with Gasteiger partial charge in [0.25, 0.3) is 0 Å². The molecule has 0 aromatic heterocycles. The zero-order chi connectivity index (χ0) is 14.0. The molecule has 19 heavy (non-hydrogen) atoms. The second-order valence-corrected chi connectivity index (χ2v) is 4.84. The molecule has 1 heterocycles. The number of aliphatic hydroxyl groups excluding tert-OH is 1. The Balaban J connectivity index is 2.56. The van der Waals surface area contributed by atoms with Crippen LogP contribution in [0.4, 0.5) is 0 Å². The van der Waals surface area contributed by atoms with Crippen molar-refractivity contribution in [2.45, 2.75) is 32.3 Å². The molecule has 1 atom stereocenters. The van der Waals surface area contributed by atoms with E-state index in [1.54, 1.807) is 12.1 Å². The Labute approximate surface area is 111 Å². The summed E-state index contributed by atoms with van der Waals surface area (Å²) >= 11 is 0. The monoisotopic (exact) mass is 266 g/mol. The summed E-state index contributed by atoms with van der Waals surface area (Å²) in [5.41, 5.74) is 1.07. The van der Waals surface area contributed by atoms with Crippen LogP contribution in [0.3, 0.4) is 0 Å². The van der Waals surface area contributed by atoms with Gasteiger partial charge in [0, 0.05) is 12.0 Å². The molecule has 1 aromatic rings. The SMILES string of the molecule is CC(C)c1c(C(O)C(=O)O)ccc2c1OCCCO2. The Morgan fingerprint density at radius 2 is 1.95 bits per heavy atom. The number of rotatable bonds is 3. The van der Waals surface area contributed by atoms with E-state index in [4.69, 9.17) is 14.6 Å². The van der Waals surface area contributed by atoms with Gasteiger partial charge in [0.15, 0.2) is 17.6 Å². The van der Waals surface area contributed by atoms with Gasteiger partial charge in [-0.2, -0.15) is 0 Å². The summed E-state index contributed by atoms with van der Waals surface area (Å²) in [4.78, 5) is 11.0. The molecule has 5 nitrogen and oxygen atoms in total. The smallest absolute Gasteiger partial charge is 0.337 e. The second-order valence-electron chi connectivity index (χ2n) is 4.84. The Bertz CT molecular complexity index is 481. The topological polar surface area (TPSA) is 76.0 Å². The summed E-state index contributed by atoms with van der Waals surface area (Å²) < 4.78 is 11.3. The summed E-state index contributed by atoms with van der Waals surface area (Å²) in [7, 11) is 0. The zero-order valence-corrected chi connectivity index (χ0v) is 11.0. The highest BCUT2D eigenvalue weighted by molar-refractivity contribution is 5.75. The van der Waals surface area contributed by atoms with Gasteiger partial charge in [-0.3, -0.25) is 0 Å². The highest BCUT2D eigenvalue weighted by Gasteiger charge is 2.27. The number of fused-ring (bicyclic) bond motifs is 1. The molecule has 1 aromatic carbocycles. The lowest BCUT2D eigenvalue weighted by atomic mass is 9.92. The molecule has 1 aliphatic heterocycles. The van der Waals surface area contributed by atoms with E-state index in [-0.39, 0.29) is 5.92 Å². The van der Waals surface area contributed by atoms with Crippen LogP contribution in [0.5, 0.6) is 11.5 Å². The van der Waals surface area contributed by atoms with Crippen LogP contribution in [0.2, 0.25) is 0 Å². The zero-order valence-electron chi connectivity index (χ0n) is 11.0. The predicted octanol–water partition coefficient (Wildman–Crippen LogP) is 2.09. The van der Waals surface area contributed by atoms with E-state index in [9.17, 15) is 9.90 Å². The number of aliphatic hydroxyl groups is 1. The Kier molecular flexibility index (Phi) is 3.95. The fourth-order valence-corrected chi connectivity index (χ4v) is 2.24. The van der Waals surface area contributed by atoms with Crippen molar-refractivity contribution in [3.05, 3.63) is 23.3 Å². The molecule has 0 saturated carbocycles. The summed E-state index contributed by atoms with van der Waals surface area (Å²) in [5.74, 6) is -0.0649. The molecule has 0 amide bonds. The predicted molar refractivity (Wildman–Crippen MR) is 68.7 cm³/mol.